The minimum absolute atomic E-state index is 0.150. The van der Waals surface area contributed by atoms with E-state index in [1.807, 2.05) is 9.80 Å². The lowest BCUT2D eigenvalue weighted by atomic mass is 10.0. The number of nitrogens with zero attached hydrogens (tertiary/aromatic N) is 3. The van der Waals surface area contributed by atoms with Crippen LogP contribution in [0.15, 0.2) is 24.3 Å². The van der Waals surface area contributed by atoms with Crippen molar-refractivity contribution in [2.75, 3.05) is 50.7 Å². The van der Waals surface area contributed by atoms with Gasteiger partial charge in [0.25, 0.3) is 0 Å². The van der Waals surface area contributed by atoms with Gasteiger partial charge in [0.15, 0.2) is 0 Å². The molecule has 0 bridgehead atoms. The summed E-state index contributed by atoms with van der Waals surface area (Å²) in [6.45, 7) is 7.44. The quantitative estimate of drug-likeness (QED) is 0.797. The molecule has 27 heavy (non-hydrogen) atoms. The number of anilines is 1. The summed E-state index contributed by atoms with van der Waals surface area (Å²) < 4.78 is 38.7. The average Bonchev–Trinajstić information content (AvgIpc) is 2.66. The maximum atomic E-state index is 12.9. The van der Waals surface area contributed by atoms with E-state index in [2.05, 4.69) is 11.8 Å². The van der Waals surface area contributed by atoms with Crippen LogP contribution in [0.25, 0.3) is 0 Å². The van der Waals surface area contributed by atoms with Gasteiger partial charge in [0, 0.05) is 51.4 Å². The van der Waals surface area contributed by atoms with Crippen LogP contribution >= 0.6 is 0 Å². The number of benzene rings is 1. The second-order valence-corrected chi connectivity index (χ2v) is 7.71. The molecular weight excluding hydrogens is 355 g/mol. The Balaban J connectivity index is 1.48. The van der Waals surface area contributed by atoms with Crippen molar-refractivity contribution < 1.29 is 18.0 Å². The Morgan fingerprint density at radius 3 is 2.56 bits per heavy atom. The SMILES string of the molecule is CC1CCCN(CCC(=O)N2CCN(c3cccc(C(F)(F)F)c3)CC2)C1. The van der Waals surface area contributed by atoms with Crippen LogP contribution in [0.3, 0.4) is 0 Å². The zero-order valence-corrected chi connectivity index (χ0v) is 15.8. The molecule has 4 nitrogen and oxygen atoms in total. The molecule has 0 spiro atoms. The Labute approximate surface area is 158 Å². The van der Waals surface area contributed by atoms with Gasteiger partial charge in [-0.3, -0.25) is 4.79 Å². The van der Waals surface area contributed by atoms with Gasteiger partial charge in [0.1, 0.15) is 0 Å². The maximum absolute atomic E-state index is 12.9. The van der Waals surface area contributed by atoms with Crippen LogP contribution < -0.4 is 4.90 Å². The van der Waals surface area contributed by atoms with Gasteiger partial charge in [-0.1, -0.05) is 13.0 Å². The van der Waals surface area contributed by atoms with Crippen molar-refractivity contribution in [1.82, 2.24) is 9.80 Å². The normalized spacial score (nSPS) is 22.1. The Bertz CT molecular complexity index is 642. The Kier molecular flexibility index (Phi) is 6.29. The number of hydrogen-bond donors (Lipinski definition) is 0. The smallest absolute Gasteiger partial charge is 0.368 e. The number of alkyl halides is 3. The van der Waals surface area contributed by atoms with Crippen LogP contribution in [0.2, 0.25) is 0 Å². The van der Waals surface area contributed by atoms with Crippen molar-refractivity contribution in [3.8, 4) is 0 Å². The third-order valence-electron chi connectivity index (χ3n) is 5.55. The van der Waals surface area contributed by atoms with Gasteiger partial charge in [-0.05, 0) is 43.5 Å². The van der Waals surface area contributed by atoms with Gasteiger partial charge in [0.05, 0.1) is 5.56 Å². The highest BCUT2D eigenvalue weighted by atomic mass is 19.4. The van der Waals surface area contributed by atoms with Gasteiger partial charge in [-0.25, -0.2) is 0 Å². The average molecular weight is 383 g/mol. The second-order valence-electron chi connectivity index (χ2n) is 7.71. The van der Waals surface area contributed by atoms with Crippen molar-refractivity contribution in [2.24, 2.45) is 5.92 Å². The summed E-state index contributed by atoms with van der Waals surface area (Å²) in [6, 6.07) is 5.42. The molecule has 0 aromatic heterocycles. The molecule has 2 aliphatic rings. The molecule has 3 rings (SSSR count). The second kappa shape index (κ2) is 8.50. The van der Waals surface area contributed by atoms with E-state index in [1.54, 1.807) is 6.07 Å². The molecule has 2 aliphatic heterocycles. The first-order valence-corrected chi connectivity index (χ1v) is 9.75. The molecule has 7 heteroatoms. The standard InChI is InChI=1S/C20H28F3N3O/c1-16-4-3-8-24(15-16)9-7-19(27)26-12-10-25(11-13-26)18-6-2-5-17(14-18)20(21,22)23/h2,5-6,14,16H,3-4,7-13,15H2,1H3. The molecule has 1 aromatic carbocycles. The fourth-order valence-corrected chi connectivity index (χ4v) is 3.99. The van der Waals surface area contributed by atoms with Crippen molar-refractivity contribution >= 4 is 11.6 Å². The summed E-state index contributed by atoms with van der Waals surface area (Å²) >= 11 is 0. The van der Waals surface area contributed by atoms with Crippen LogP contribution in [-0.4, -0.2) is 61.5 Å². The Morgan fingerprint density at radius 2 is 1.89 bits per heavy atom. The predicted molar refractivity (Wildman–Crippen MR) is 99.7 cm³/mol. The summed E-state index contributed by atoms with van der Waals surface area (Å²) in [4.78, 5) is 18.6. The number of rotatable bonds is 4. The van der Waals surface area contributed by atoms with Gasteiger partial charge in [0.2, 0.25) is 5.91 Å². The Morgan fingerprint density at radius 1 is 1.15 bits per heavy atom. The van der Waals surface area contributed by atoms with E-state index in [1.165, 1.54) is 25.0 Å². The number of amides is 1. The molecule has 1 atom stereocenters. The highest BCUT2D eigenvalue weighted by Crippen LogP contribution is 2.31. The summed E-state index contributed by atoms with van der Waals surface area (Å²) in [5.74, 6) is 0.849. The molecule has 0 aliphatic carbocycles. The molecule has 2 saturated heterocycles. The van der Waals surface area contributed by atoms with Crippen molar-refractivity contribution in [1.29, 1.82) is 0 Å². The zero-order valence-electron chi connectivity index (χ0n) is 15.8. The number of carbonyl (C=O) groups excluding carboxylic acids is 1. The molecule has 1 amide bonds. The molecule has 0 N–H and O–H groups in total. The third kappa shape index (κ3) is 5.37. The monoisotopic (exact) mass is 383 g/mol. The van der Waals surface area contributed by atoms with E-state index in [0.717, 1.165) is 25.7 Å². The summed E-state index contributed by atoms with van der Waals surface area (Å²) in [5, 5.41) is 0. The number of likely N-dealkylation sites (tertiary alicyclic amines) is 1. The first kappa shape index (κ1) is 20.0. The van der Waals surface area contributed by atoms with Gasteiger partial charge >= 0.3 is 6.18 Å². The van der Waals surface area contributed by atoms with Crippen LogP contribution in [0.1, 0.15) is 31.7 Å². The minimum Gasteiger partial charge on any atom is -0.368 e. The maximum Gasteiger partial charge on any atom is 0.416 e. The van der Waals surface area contributed by atoms with Gasteiger partial charge < -0.3 is 14.7 Å². The number of piperazine rings is 1. The van der Waals surface area contributed by atoms with E-state index in [0.29, 0.717) is 44.2 Å². The first-order valence-electron chi connectivity index (χ1n) is 9.75. The van der Waals surface area contributed by atoms with Crippen molar-refractivity contribution in [3.05, 3.63) is 29.8 Å². The van der Waals surface area contributed by atoms with Gasteiger partial charge in [-0.15, -0.1) is 0 Å². The fraction of sp³-hybridized carbons (Fsp3) is 0.650. The predicted octanol–water partition coefficient (Wildman–Crippen LogP) is 3.48. The van der Waals surface area contributed by atoms with E-state index in [-0.39, 0.29) is 5.91 Å². The van der Waals surface area contributed by atoms with Crippen LogP contribution in [0, 0.1) is 5.92 Å². The van der Waals surface area contributed by atoms with Crippen LogP contribution in [0.4, 0.5) is 18.9 Å². The van der Waals surface area contributed by atoms with E-state index >= 15 is 0 Å². The molecular formula is C20H28F3N3O. The number of piperidine rings is 1. The van der Waals surface area contributed by atoms with Crippen molar-refractivity contribution in [3.63, 3.8) is 0 Å². The van der Waals surface area contributed by atoms with E-state index in [9.17, 15) is 18.0 Å². The number of hydrogen-bond acceptors (Lipinski definition) is 3. The summed E-state index contributed by atoms with van der Waals surface area (Å²) in [5.41, 5.74) is -0.0616. The summed E-state index contributed by atoms with van der Waals surface area (Å²) in [6.07, 6.45) is -1.34. The lowest BCUT2D eigenvalue weighted by molar-refractivity contribution is -0.137. The van der Waals surface area contributed by atoms with E-state index < -0.39 is 11.7 Å². The van der Waals surface area contributed by atoms with Crippen LogP contribution in [0.5, 0.6) is 0 Å². The van der Waals surface area contributed by atoms with Gasteiger partial charge in [-0.2, -0.15) is 13.2 Å². The molecule has 2 fully saturated rings. The topological polar surface area (TPSA) is 26.8 Å². The van der Waals surface area contributed by atoms with Crippen LogP contribution in [-0.2, 0) is 11.0 Å². The molecule has 0 saturated carbocycles. The molecule has 1 aromatic rings. The minimum atomic E-state index is -4.33. The molecule has 2 heterocycles. The highest BCUT2D eigenvalue weighted by Gasteiger charge is 2.31. The fourth-order valence-electron chi connectivity index (χ4n) is 3.99. The molecule has 1 unspecified atom stereocenters. The van der Waals surface area contributed by atoms with E-state index in [4.69, 9.17) is 0 Å². The molecule has 150 valence electrons. The zero-order chi connectivity index (χ0) is 19.4. The third-order valence-corrected chi connectivity index (χ3v) is 5.55. The first-order chi connectivity index (χ1) is 12.8. The number of halogens is 3. The lowest BCUT2D eigenvalue weighted by Crippen LogP contribution is -2.49. The molecule has 0 radical (unpaired) electrons. The lowest BCUT2D eigenvalue weighted by Gasteiger charge is -2.37. The summed E-state index contributed by atoms with van der Waals surface area (Å²) in [7, 11) is 0. The number of carbonyl (C=O) groups is 1. The largest absolute Gasteiger partial charge is 0.416 e. The van der Waals surface area contributed by atoms with Crippen molar-refractivity contribution in [2.45, 2.75) is 32.4 Å². The highest BCUT2D eigenvalue weighted by molar-refractivity contribution is 5.76. The Hall–Kier alpha value is -1.76.